The van der Waals surface area contributed by atoms with Crippen molar-refractivity contribution in [3.05, 3.63) is 54.1 Å². The summed E-state index contributed by atoms with van der Waals surface area (Å²) < 4.78 is 20.5. The molecule has 0 aromatic heterocycles. The van der Waals surface area contributed by atoms with Crippen LogP contribution < -0.4 is 19.5 Å². The zero-order valence-corrected chi connectivity index (χ0v) is 15.4. The molecule has 0 bridgehead atoms. The zero-order chi connectivity index (χ0) is 19.5. The van der Waals surface area contributed by atoms with Crippen LogP contribution in [0.5, 0.6) is 17.2 Å². The molecular weight excluding hydrogens is 350 g/mol. The highest BCUT2D eigenvalue weighted by Gasteiger charge is 2.10. The lowest BCUT2D eigenvalue weighted by molar-refractivity contribution is -0.150. The second kappa shape index (κ2) is 10.7. The smallest absolute Gasteiger partial charge is 0.344 e. The Morgan fingerprint density at radius 1 is 0.889 bits per heavy atom. The number of hydrogen-bond donors (Lipinski definition) is 1. The molecule has 0 heterocycles. The van der Waals surface area contributed by atoms with Crippen molar-refractivity contribution in [2.75, 3.05) is 34.0 Å². The summed E-state index contributed by atoms with van der Waals surface area (Å²) in [6, 6.07) is 14.5. The van der Waals surface area contributed by atoms with E-state index in [2.05, 4.69) is 5.32 Å². The second-order valence-corrected chi connectivity index (χ2v) is 5.55. The molecule has 1 N–H and O–H groups in total. The first kappa shape index (κ1) is 20.1. The van der Waals surface area contributed by atoms with Gasteiger partial charge < -0.3 is 24.3 Å². The summed E-state index contributed by atoms with van der Waals surface area (Å²) in [4.78, 5) is 23.4. The van der Waals surface area contributed by atoms with Gasteiger partial charge in [0.2, 0.25) is 0 Å². The van der Waals surface area contributed by atoms with E-state index in [9.17, 15) is 9.59 Å². The van der Waals surface area contributed by atoms with Gasteiger partial charge >= 0.3 is 5.97 Å². The summed E-state index contributed by atoms with van der Waals surface area (Å²) in [5.41, 5.74) is 1.07. The number of carbonyl (C=O) groups excluding carboxylic acids is 2. The van der Waals surface area contributed by atoms with Crippen molar-refractivity contribution in [3.8, 4) is 17.2 Å². The van der Waals surface area contributed by atoms with E-state index in [1.165, 1.54) is 7.11 Å². The zero-order valence-electron chi connectivity index (χ0n) is 15.4. The first-order valence-electron chi connectivity index (χ1n) is 8.43. The number of esters is 1. The molecule has 2 rings (SSSR count). The van der Waals surface area contributed by atoms with Crippen LogP contribution in [0.15, 0.2) is 48.5 Å². The summed E-state index contributed by atoms with van der Waals surface area (Å²) in [5, 5.41) is 2.70. The first-order valence-corrected chi connectivity index (χ1v) is 8.43. The summed E-state index contributed by atoms with van der Waals surface area (Å²) in [5.74, 6) is 0.730. The van der Waals surface area contributed by atoms with E-state index in [1.807, 2.05) is 24.3 Å². The average Bonchev–Trinajstić information content (AvgIpc) is 2.71. The van der Waals surface area contributed by atoms with Crippen LogP contribution in [0.25, 0.3) is 0 Å². The number of methoxy groups -OCH3 is 2. The monoisotopic (exact) mass is 373 g/mol. The van der Waals surface area contributed by atoms with Crippen LogP contribution in [0, 0.1) is 0 Å². The van der Waals surface area contributed by atoms with Crippen LogP contribution in [0.3, 0.4) is 0 Å². The van der Waals surface area contributed by atoms with Crippen LogP contribution in [0.2, 0.25) is 0 Å². The molecule has 0 radical (unpaired) electrons. The Labute approximate surface area is 158 Å². The van der Waals surface area contributed by atoms with Crippen LogP contribution in [-0.2, 0) is 20.7 Å². The maximum absolute atomic E-state index is 11.7. The van der Waals surface area contributed by atoms with Crippen molar-refractivity contribution in [1.82, 2.24) is 5.32 Å². The normalized spacial score (nSPS) is 10.0. The Hall–Kier alpha value is -3.22. The van der Waals surface area contributed by atoms with Crippen molar-refractivity contribution in [2.24, 2.45) is 0 Å². The number of nitrogens with one attached hydrogen (secondary N) is 1. The molecule has 0 aliphatic rings. The highest BCUT2D eigenvalue weighted by atomic mass is 16.6. The standard InChI is InChI=1S/C20H23NO6/c1-24-16-9-7-15(8-10-16)11-12-21-19(22)13-27-20(23)14-26-18-6-4-3-5-17(18)25-2/h3-10H,11-14H2,1-2H3,(H,21,22). The molecule has 2 aromatic carbocycles. The Balaban J connectivity index is 1.63. The van der Waals surface area contributed by atoms with Gasteiger partial charge in [0.05, 0.1) is 14.2 Å². The van der Waals surface area contributed by atoms with E-state index >= 15 is 0 Å². The predicted molar refractivity (Wildman–Crippen MR) is 99.2 cm³/mol. The second-order valence-electron chi connectivity index (χ2n) is 5.55. The third-order valence-corrected chi connectivity index (χ3v) is 3.67. The number of ether oxygens (including phenoxy) is 4. The van der Waals surface area contributed by atoms with Gasteiger partial charge in [0.1, 0.15) is 5.75 Å². The molecule has 0 atom stereocenters. The lowest BCUT2D eigenvalue weighted by Gasteiger charge is -2.10. The SMILES string of the molecule is COc1ccc(CCNC(=O)COC(=O)COc2ccccc2OC)cc1. The third-order valence-electron chi connectivity index (χ3n) is 3.67. The molecule has 144 valence electrons. The fraction of sp³-hybridized carbons (Fsp3) is 0.300. The van der Waals surface area contributed by atoms with E-state index in [-0.39, 0.29) is 19.1 Å². The van der Waals surface area contributed by atoms with Gasteiger partial charge in [-0.3, -0.25) is 4.79 Å². The maximum atomic E-state index is 11.7. The molecule has 7 heteroatoms. The quantitative estimate of drug-likeness (QED) is 0.641. The van der Waals surface area contributed by atoms with Crippen molar-refractivity contribution in [1.29, 1.82) is 0 Å². The largest absolute Gasteiger partial charge is 0.497 e. The van der Waals surface area contributed by atoms with Gasteiger partial charge in [-0.15, -0.1) is 0 Å². The number of amides is 1. The Bertz CT molecular complexity index is 744. The minimum absolute atomic E-state index is 0.306. The van der Waals surface area contributed by atoms with Crippen molar-refractivity contribution < 1.29 is 28.5 Å². The molecule has 7 nitrogen and oxygen atoms in total. The minimum Gasteiger partial charge on any atom is -0.497 e. The van der Waals surface area contributed by atoms with Gasteiger partial charge in [-0.25, -0.2) is 4.79 Å². The fourth-order valence-electron chi connectivity index (χ4n) is 2.25. The fourth-order valence-corrected chi connectivity index (χ4v) is 2.25. The van der Waals surface area contributed by atoms with Gasteiger partial charge in [-0.2, -0.15) is 0 Å². The summed E-state index contributed by atoms with van der Waals surface area (Å²) in [6.07, 6.45) is 0.667. The molecule has 0 saturated heterocycles. The number of para-hydroxylation sites is 2. The van der Waals surface area contributed by atoms with Crippen LogP contribution in [0.1, 0.15) is 5.56 Å². The highest BCUT2D eigenvalue weighted by Crippen LogP contribution is 2.25. The maximum Gasteiger partial charge on any atom is 0.344 e. The molecule has 0 spiro atoms. The Morgan fingerprint density at radius 2 is 1.59 bits per heavy atom. The lowest BCUT2D eigenvalue weighted by Crippen LogP contribution is -2.31. The van der Waals surface area contributed by atoms with Crippen molar-refractivity contribution in [2.45, 2.75) is 6.42 Å². The van der Waals surface area contributed by atoms with Gasteiger partial charge in [0.15, 0.2) is 24.7 Å². The highest BCUT2D eigenvalue weighted by molar-refractivity contribution is 5.80. The first-order chi connectivity index (χ1) is 13.1. The molecule has 0 saturated carbocycles. The van der Waals surface area contributed by atoms with E-state index in [0.717, 1.165) is 11.3 Å². The Kier molecular flexibility index (Phi) is 7.96. The van der Waals surface area contributed by atoms with Crippen molar-refractivity contribution in [3.63, 3.8) is 0 Å². The van der Waals surface area contributed by atoms with Crippen LogP contribution in [0.4, 0.5) is 0 Å². The van der Waals surface area contributed by atoms with E-state index in [4.69, 9.17) is 18.9 Å². The Morgan fingerprint density at radius 3 is 2.26 bits per heavy atom. The minimum atomic E-state index is -0.633. The number of rotatable bonds is 10. The molecule has 0 unspecified atom stereocenters. The number of carbonyl (C=O) groups is 2. The molecule has 0 fully saturated rings. The average molecular weight is 373 g/mol. The number of benzene rings is 2. The van der Waals surface area contributed by atoms with Crippen LogP contribution in [-0.4, -0.2) is 45.9 Å². The van der Waals surface area contributed by atoms with Crippen molar-refractivity contribution >= 4 is 11.9 Å². The van der Waals surface area contributed by atoms with E-state index in [0.29, 0.717) is 24.5 Å². The topological polar surface area (TPSA) is 83.1 Å². The van der Waals surface area contributed by atoms with Gasteiger partial charge in [-0.1, -0.05) is 24.3 Å². The van der Waals surface area contributed by atoms with E-state index < -0.39 is 5.97 Å². The third kappa shape index (κ3) is 6.89. The molecule has 1 amide bonds. The molecular formula is C20H23NO6. The molecule has 27 heavy (non-hydrogen) atoms. The van der Waals surface area contributed by atoms with Gasteiger partial charge in [-0.05, 0) is 36.2 Å². The predicted octanol–water partition coefficient (Wildman–Crippen LogP) is 1.98. The molecule has 2 aromatic rings. The molecule has 0 aliphatic heterocycles. The van der Waals surface area contributed by atoms with Crippen LogP contribution >= 0.6 is 0 Å². The van der Waals surface area contributed by atoms with Gasteiger partial charge in [0, 0.05) is 6.54 Å². The van der Waals surface area contributed by atoms with E-state index in [1.54, 1.807) is 31.4 Å². The summed E-state index contributed by atoms with van der Waals surface area (Å²) in [7, 11) is 3.12. The number of hydrogen-bond acceptors (Lipinski definition) is 6. The van der Waals surface area contributed by atoms with Gasteiger partial charge in [0.25, 0.3) is 5.91 Å². The molecule has 0 aliphatic carbocycles. The summed E-state index contributed by atoms with van der Waals surface area (Å²) in [6.45, 7) is -0.212. The lowest BCUT2D eigenvalue weighted by atomic mass is 10.1. The summed E-state index contributed by atoms with van der Waals surface area (Å²) >= 11 is 0.